The van der Waals surface area contributed by atoms with Crippen molar-refractivity contribution in [2.24, 2.45) is 0 Å². The third-order valence-electron chi connectivity index (χ3n) is 2.44. The Labute approximate surface area is 104 Å². The minimum atomic E-state index is 0.689. The highest BCUT2D eigenvalue weighted by Gasteiger charge is 2.01. The normalized spacial score (nSPS) is 9.88. The van der Waals surface area contributed by atoms with Crippen LogP contribution in [0.15, 0.2) is 24.3 Å². The Morgan fingerprint density at radius 1 is 1.35 bits per heavy atom. The Morgan fingerprint density at radius 2 is 2.18 bits per heavy atom. The number of hydrogen-bond donors (Lipinski definition) is 1. The molecule has 0 fully saturated rings. The standard InChI is InChI=1S/C15H21NO/c1-3-5-8-12-17-15-10-7-6-9-14(15)13-16-11-4-2/h1,6-7,9-10,16H,4-5,8,11-13H2,2H3. The van der Waals surface area contributed by atoms with Crippen molar-refractivity contribution < 1.29 is 4.74 Å². The van der Waals surface area contributed by atoms with E-state index in [1.807, 2.05) is 18.2 Å². The topological polar surface area (TPSA) is 21.3 Å². The summed E-state index contributed by atoms with van der Waals surface area (Å²) in [6.07, 6.45) is 8.03. The minimum Gasteiger partial charge on any atom is -0.493 e. The number of benzene rings is 1. The second-order valence-corrected chi connectivity index (χ2v) is 3.94. The fourth-order valence-electron chi connectivity index (χ4n) is 1.55. The zero-order valence-electron chi connectivity index (χ0n) is 10.5. The van der Waals surface area contributed by atoms with Crippen molar-refractivity contribution in [3.05, 3.63) is 29.8 Å². The van der Waals surface area contributed by atoms with Crippen LogP contribution in [-0.2, 0) is 6.54 Å². The Bertz CT molecular complexity index is 354. The van der Waals surface area contributed by atoms with Crippen LogP contribution in [-0.4, -0.2) is 13.2 Å². The van der Waals surface area contributed by atoms with Crippen LogP contribution in [0.3, 0.4) is 0 Å². The summed E-state index contributed by atoms with van der Waals surface area (Å²) in [5.74, 6) is 3.58. The first-order chi connectivity index (χ1) is 8.38. The second kappa shape index (κ2) is 8.66. The van der Waals surface area contributed by atoms with Gasteiger partial charge in [-0.2, -0.15) is 0 Å². The lowest BCUT2D eigenvalue weighted by Gasteiger charge is -2.11. The Balaban J connectivity index is 2.43. The van der Waals surface area contributed by atoms with Crippen molar-refractivity contribution in [3.63, 3.8) is 0 Å². The second-order valence-electron chi connectivity index (χ2n) is 3.94. The summed E-state index contributed by atoms with van der Waals surface area (Å²) in [7, 11) is 0. The minimum absolute atomic E-state index is 0.689. The molecule has 0 amide bonds. The Hall–Kier alpha value is -1.46. The molecule has 0 spiro atoms. The lowest BCUT2D eigenvalue weighted by Crippen LogP contribution is -2.14. The molecule has 0 aliphatic heterocycles. The quantitative estimate of drug-likeness (QED) is 0.548. The van der Waals surface area contributed by atoms with E-state index in [4.69, 9.17) is 11.2 Å². The molecule has 1 aromatic carbocycles. The fourth-order valence-corrected chi connectivity index (χ4v) is 1.55. The van der Waals surface area contributed by atoms with E-state index in [1.54, 1.807) is 0 Å². The van der Waals surface area contributed by atoms with Gasteiger partial charge in [0.05, 0.1) is 6.61 Å². The molecule has 0 aromatic heterocycles. The first kappa shape index (κ1) is 13.6. The molecule has 0 bridgehead atoms. The highest BCUT2D eigenvalue weighted by molar-refractivity contribution is 5.33. The first-order valence-corrected chi connectivity index (χ1v) is 6.23. The Morgan fingerprint density at radius 3 is 2.94 bits per heavy atom. The predicted molar refractivity (Wildman–Crippen MR) is 72.0 cm³/mol. The van der Waals surface area contributed by atoms with Crippen LogP contribution in [0.2, 0.25) is 0 Å². The van der Waals surface area contributed by atoms with Crippen LogP contribution in [0.1, 0.15) is 31.7 Å². The molecular formula is C15H21NO. The third kappa shape index (κ3) is 5.42. The highest BCUT2D eigenvalue weighted by Crippen LogP contribution is 2.17. The zero-order valence-corrected chi connectivity index (χ0v) is 10.5. The van der Waals surface area contributed by atoms with Gasteiger partial charge in [-0.05, 0) is 25.5 Å². The van der Waals surface area contributed by atoms with Crippen LogP contribution in [0.4, 0.5) is 0 Å². The molecule has 1 N–H and O–H groups in total. The molecule has 92 valence electrons. The summed E-state index contributed by atoms with van der Waals surface area (Å²) in [4.78, 5) is 0. The average Bonchev–Trinajstić information content (AvgIpc) is 2.36. The monoisotopic (exact) mass is 231 g/mol. The molecule has 0 aliphatic rings. The van der Waals surface area contributed by atoms with Crippen LogP contribution in [0.25, 0.3) is 0 Å². The van der Waals surface area contributed by atoms with E-state index < -0.39 is 0 Å². The van der Waals surface area contributed by atoms with Crippen LogP contribution >= 0.6 is 0 Å². The number of rotatable bonds is 8. The van der Waals surface area contributed by atoms with Crippen molar-refractivity contribution in [2.45, 2.75) is 32.7 Å². The van der Waals surface area contributed by atoms with Crippen LogP contribution in [0, 0.1) is 12.3 Å². The van der Waals surface area contributed by atoms with Gasteiger partial charge >= 0.3 is 0 Å². The van der Waals surface area contributed by atoms with E-state index >= 15 is 0 Å². The molecule has 2 heteroatoms. The molecule has 0 saturated carbocycles. The number of ether oxygens (including phenoxy) is 1. The summed E-state index contributed by atoms with van der Waals surface area (Å²) >= 11 is 0. The van der Waals surface area contributed by atoms with Gasteiger partial charge in [0.15, 0.2) is 0 Å². The van der Waals surface area contributed by atoms with Gasteiger partial charge in [-0.15, -0.1) is 12.3 Å². The average molecular weight is 231 g/mol. The van der Waals surface area contributed by atoms with Crippen LogP contribution in [0.5, 0.6) is 5.75 Å². The summed E-state index contributed by atoms with van der Waals surface area (Å²) in [5, 5.41) is 3.38. The smallest absolute Gasteiger partial charge is 0.123 e. The molecule has 1 rings (SSSR count). The molecule has 0 unspecified atom stereocenters. The van der Waals surface area contributed by atoms with Crippen molar-refractivity contribution in [1.29, 1.82) is 0 Å². The summed E-state index contributed by atoms with van der Waals surface area (Å²) in [6.45, 7) is 4.74. The van der Waals surface area contributed by atoms with Gasteiger partial charge < -0.3 is 10.1 Å². The molecule has 0 radical (unpaired) electrons. The van der Waals surface area contributed by atoms with Crippen molar-refractivity contribution in [1.82, 2.24) is 5.32 Å². The molecule has 0 aliphatic carbocycles. The predicted octanol–water partition coefficient (Wildman–Crippen LogP) is 2.98. The van der Waals surface area contributed by atoms with Crippen molar-refractivity contribution >= 4 is 0 Å². The van der Waals surface area contributed by atoms with Crippen LogP contribution < -0.4 is 10.1 Å². The molecule has 0 saturated heterocycles. The number of nitrogens with one attached hydrogen (secondary N) is 1. The van der Waals surface area contributed by atoms with Gasteiger partial charge in [0, 0.05) is 18.5 Å². The lowest BCUT2D eigenvalue weighted by atomic mass is 10.2. The maximum absolute atomic E-state index is 5.73. The fraction of sp³-hybridized carbons (Fsp3) is 0.467. The van der Waals surface area contributed by atoms with Gasteiger partial charge in [-0.3, -0.25) is 0 Å². The molecule has 0 heterocycles. The van der Waals surface area contributed by atoms with Gasteiger partial charge in [-0.25, -0.2) is 0 Å². The highest BCUT2D eigenvalue weighted by atomic mass is 16.5. The third-order valence-corrected chi connectivity index (χ3v) is 2.44. The lowest BCUT2D eigenvalue weighted by molar-refractivity contribution is 0.309. The van der Waals surface area contributed by atoms with Gasteiger partial charge in [0.2, 0.25) is 0 Å². The molecule has 0 atom stereocenters. The van der Waals surface area contributed by atoms with E-state index in [2.05, 4.69) is 24.2 Å². The van der Waals surface area contributed by atoms with E-state index in [-0.39, 0.29) is 0 Å². The van der Waals surface area contributed by atoms with Crippen molar-refractivity contribution in [2.75, 3.05) is 13.2 Å². The summed E-state index contributed by atoms with van der Waals surface area (Å²) in [6, 6.07) is 8.15. The SMILES string of the molecule is C#CCCCOc1ccccc1CNCCC. The van der Waals surface area contributed by atoms with E-state index in [0.29, 0.717) is 6.61 Å². The van der Waals surface area contributed by atoms with E-state index in [1.165, 1.54) is 5.56 Å². The molecule has 1 aromatic rings. The van der Waals surface area contributed by atoms with Gasteiger partial charge in [0.25, 0.3) is 0 Å². The molecule has 17 heavy (non-hydrogen) atoms. The number of hydrogen-bond acceptors (Lipinski definition) is 2. The van der Waals surface area contributed by atoms with Gasteiger partial charge in [0.1, 0.15) is 5.75 Å². The molecular weight excluding hydrogens is 210 g/mol. The van der Waals surface area contributed by atoms with E-state index in [9.17, 15) is 0 Å². The largest absolute Gasteiger partial charge is 0.493 e. The summed E-state index contributed by atoms with van der Waals surface area (Å²) in [5.41, 5.74) is 1.21. The summed E-state index contributed by atoms with van der Waals surface area (Å²) < 4.78 is 5.73. The van der Waals surface area contributed by atoms with Crippen molar-refractivity contribution in [3.8, 4) is 18.1 Å². The zero-order chi connectivity index (χ0) is 12.3. The maximum atomic E-state index is 5.73. The molecule has 2 nitrogen and oxygen atoms in total. The van der Waals surface area contributed by atoms with E-state index in [0.717, 1.165) is 38.1 Å². The first-order valence-electron chi connectivity index (χ1n) is 6.23. The maximum Gasteiger partial charge on any atom is 0.123 e. The number of para-hydroxylation sites is 1. The number of unbranched alkanes of at least 4 members (excludes halogenated alkanes) is 1. The Kier molecular flexibility index (Phi) is 6.93. The number of terminal acetylenes is 1. The van der Waals surface area contributed by atoms with Gasteiger partial charge in [-0.1, -0.05) is 25.1 Å².